The summed E-state index contributed by atoms with van der Waals surface area (Å²) < 4.78 is 5.32. The molecule has 1 aromatic carbocycles. The van der Waals surface area contributed by atoms with E-state index in [1.807, 2.05) is 25.1 Å². The fourth-order valence-electron chi connectivity index (χ4n) is 4.13. The molecule has 2 fully saturated rings. The van der Waals surface area contributed by atoms with Gasteiger partial charge >= 0.3 is 5.97 Å². The number of rotatable bonds is 4. The van der Waals surface area contributed by atoms with Gasteiger partial charge in [-0.1, -0.05) is 30.3 Å². The third kappa shape index (κ3) is 2.40. The van der Waals surface area contributed by atoms with E-state index in [1.165, 1.54) is 5.56 Å². The summed E-state index contributed by atoms with van der Waals surface area (Å²) in [5.41, 5.74) is 0.773. The molecule has 0 N–H and O–H groups in total. The number of fused-ring (bicyclic) bond motifs is 1. The maximum absolute atomic E-state index is 12.5. The standard InChI is InChI=1S/C18H22N2O2/c1-2-22-17(21)18-9-6-10-20(16(18)15(11-18)12-19)13-14-7-4-3-5-8-14/h3-5,7-8,15-16H,2,6,9-11,13H2,1H3/t15-,16-,18-/m0/s1. The van der Waals surface area contributed by atoms with Crippen molar-refractivity contribution >= 4 is 5.97 Å². The minimum atomic E-state index is -0.455. The smallest absolute Gasteiger partial charge is 0.313 e. The van der Waals surface area contributed by atoms with Crippen LogP contribution in [0.3, 0.4) is 0 Å². The molecule has 0 unspecified atom stereocenters. The summed E-state index contributed by atoms with van der Waals surface area (Å²) >= 11 is 0. The van der Waals surface area contributed by atoms with Crippen LogP contribution < -0.4 is 0 Å². The summed E-state index contributed by atoms with van der Waals surface area (Å²) in [4.78, 5) is 14.8. The van der Waals surface area contributed by atoms with Crippen LogP contribution >= 0.6 is 0 Å². The van der Waals surface area contributed by atoms with Crippen LogP contribution in [0.2, 0.25) is 0 Å². The van der Waals surface area contributed by atoms with Gasteiger partial charge in [-0.15, -0.1) is 0 Å². The molecule has 0 radical (unpaired) electrons. The van der Waals surface area contributed by atoms with E-state index in [0.717, 1.165) is 25.9 Å². The predicted octanol–water partition coefficient (Wildman–Crippen LogP) is 2.74. The molecule has 0 amide bonds. The monoisotopic (exact) mass is 298 g/mol. The summed E-state index contributed by atoms with van der Waals surface area (Å²) in [6.07, 6.45) is 2.48. The van der Waals surface area contributed by atoms with Gasteiger partial charge in [0.15, 0.2) is 0 Å². The van der Waals surface area contributed by atoms with E-state index in [-0.39, 0.29) is 17.9 Å². The maximum atomic E-state index is 12.5. The van der Waals surface area contributed by atoms with Crippen molar-refractivity contribution in [3.8, 4) is 6.07 Å². The number of benzene rings is 1. The number of hydrogen-bond donors (Lipinski definition) is 0. The predicted molar refractivity (Wildman–Crippen MR) is 82.7 cm³/mol. The average Bonchev–Trinajstić information content (AvgIpc) is 2.50. The number of nitrogens with zero attached hydrogens (tertiary/aromatic N) is 2. The Morgan fingerprint density at radius 2 is 2.23 bits per heavy atom. The number of likely N-dealkylation sites (tertiary alicyclic amines) is 1. The van der Waals surface area contributed by atoms with Gasteiger partial charge in [0.1, 0.15) is 0 Å². The Hall–Kier alpha value is -1.86. The fraction of sp³-hybridized carbons (Fsp3) is 0.556. The highest BCUT2D eigenvalue weighted by atomic mass is 16.5. The van der Waals surface area contributed by atoms with Gasteiger partial charge in [-0.2, -0.15) is 5.26 Å². The van der Waals surface area contributed by atoms with Crippen molar-refractivity contribution < 1.29 is 9.53 Å². The van der Waals surface area contributed by atoms with Crippen LogP contribution in [-0.4, -0.2) is 30.1 Å². The van der Waals surface area contributed by atoms with Gasteiger partial charge in [-0.25, -0.2) is 0 Å². The highest BCUT2D eigenvalue weighted by molar-refractivity contribution is 5.80. The number of hydrogen-bond acceptors (Lipinski definition) is 4. The normalized spacial score (nSPS) is 30.7. The quantitative estimate of drug-likeness (QED) is 0.802. The zero-order valence-electron chi connectivity index (χ0n) is 13.0. The number of piperidine rings is 1. The van der Waals surface area contributed by atoms with Crippen molar-refractivity contribution in [1.29, 1.82) is 5.26 Å². The Morgan fingerprint density at radius 3 is 2.91 bits per heavy atom. The SMILES string of the molecule is CCOC(=O)[C@]12CCCN(Cc3ccccc3)[C@H]1[C@H](C#N)C2. The Labute approximate surface area is 131 Å². The van der Waals surface area contributed by atoms with Gasteiger partial charge in [0, 0.05) is 12.6 Å². The lowest BCUT2D eigenvalue weighted by molar-refractivity contribution is -0.183. The highest BCUT2D eigenvalue weighted by Crippen LogP contribution is 2.55. The molecular formula is C18H22N2O2. The second-order valence-corrected chi connectivity index (χ2v) is 6.32. The van der Waals surface area contributed by atoms with Crippen molar-refractivity contribution in [2.45, 2.75) is 38.8 Å². The van der Waals surface area contributed by atoms with Crippen molar-refractivity contribution in [3.63, 3.8) is 0 Å². The second-order valence-electron chi connectivity index (χ2n) is 6.32. The van der Waals surface area contributed by atoms with E-state index < -0.39 is 5.41 Å². The molecule has 3 rings (SSSR count). The lowest BCUT2D eigenvalue weighted by Gasteiger charge is -2.58. The molecule has 1 saturated carbocycles. The second kappa shape index (κ2) is 6.10. The molecule has 4 heteroatoms. The van der Waals surface area contributed by atoms with Gasteiger partial charge in [0.25, 0.3) is 0 Å². The molecule has 22 heavy (non-hydrogen) atoms. The van der Waals surface area contributed by atoms with Crippen LogP contribution in [0.25, 0.3) is 0 Å². The van der Waals surface area contributed by atoms with Crippen LogP contribution in [0.1, 0.15) is 31.7 Å². The molecule has 1 aliphatic carbocycles. The van der Waals surface area contributed by atoms with Crippen molar-refractivity contribution in [2.75, 3.05) is 13.2 Å². The zero-order valence-corrected chi connectivity index (χ0v) is 13.0. The minimum absolute atomic E-state index is 0.00510. The summed E-state index contributed by atoms with van der Waals surface area (Å²) in [5.74, 6) is -0.169. The molecule has 2 aliphatic rings. The molecule has 0 aromatic heterocycles. The summed E-state index contributed by atoms with van der Waals surface area (Å²) in [6, 6.07) is 12.7. The van der Waals surface area contributed by atoms with Crippen molar-refractivity contribution in [1.82, 2.24) is 4.90 Å². The number of nitriles is 1. The highest BCUT2D eigenvalue weighted by Gasteiger charge is 2.63. The largest absolute Gasteiger partial charge is 0.466 e. The Balaban J connectivity index is 1.82. The number of esters is 1. The maximum Gasteiger partial charge on any atom is 0.313 e. The summed E-state index contributed by atoms with van der Waals surface area (Å²) in [6.45, 7) is 3.99. The van der Waals surface area contributed by atoms with E-state index in [9.17, 15) is 10.1 Å². The van der Waals surface area contributed by atoms with Crippen molar-refractivity contribution in [2.24, 2.45) is 11.3 Å². The number of ether oxygens (including phenoxy) is 1. The third-order valence-electron chi connectivity index (χ3n) is 5.07. The molecule has 4 nitrogen and oxygen atoms in total. The molecule has 1 aromatic rings. The minimum Gasteiger partial charge on any atom is -0.466 e. The van der Waals surface area contributed by atoms with E-state index in [1.54, 1.807) is 0 Å². The summed E-state index contributed by atoms with van der Waals surface area (Å²) in [5, 5.41) is 9.41. The lowest BCUT2D eigenvalue weighted by atomic mass is 9.54. The van der Waals surface area contributed by atoms with Crippen LogP contribution in [0, 0.1) is 22.7 Å². The third-order valence-corrected chi connectivity index (χ3v) is 5.07. The van der Waals surface area contributed by atoms with E-state index >= 15 is 0 Å². The lowest BCUT2D eigenvalue weighted by Crippen LogP contribution is -2.67. The molecule has 3 atom stereocenters. The summed E-state index contributed by atoms with van der Waals surface area (Å²) in [7, 11) is 0. The average molecular weight is 298 g/mol. The fourth-order valence-corrected chi connectivity index (χ4v) is 4.13. The molecular weight excluding hydrogens is 276 g/mol. The first-order chi connectivity index (χ1) is 10.7. The molecule has 1 heterocycles. The van der Waals surface area contributed by atoms with Crippen LogP contribution in [0.15, 0.2) is 30.3 Å². The van der Waals surface area contributed by atoms with Crippen LogP contribution in [0.4, 0.5) is 0 Å². The molecule has 1 aliphatic heterocycles. The number of carbonyl (C=O) groups is 1. The van der Waals surface area contributed by atoms with Gasteiger partial charge in [-0.3, -0.25) is 9.69 Å². The Bertz CT molecular complexity index is 580. The first kappa shape index (κ1) is 15.1. The topological polar surface area (TPSA) is 53.3 Å². The molecule has 116 valence electrons. The van der Waals surface area contributed by atoms with E-state index in [2.05, 4.69) is 23.1 Å². The molecule has 0 bridgehead atoms. The van der Waals surface area contributed by atoms with Gasteiger partial charge < -0.3 is 4.74 Å². The van der Waals surface area contributed by atoms with Crippen molar-refractivity contribution in [3.05, 3.63) is 35.9 Å². The van der Waals surface area contributed by atoms with E-state index in [0.29, 0.717) is 13.0 Å². The Morgan fingerprint density at radius 1 is 1.45 bits per heavy atom. The van der Waals surface area contributed by atoms with Crippen LogP contribution in [-0.2, 0) is 16.1 Å². The first-order valence-electron chi connectivity index (χ1n) is 8.06. The zero-order chi connectivity index (χ0) is 15.6. The molecule has 1 saturated heterocycles. The van der Waals surface area contributed by atoms with Gasteiger partial charge in [-0.05, 0) is 38.3 Å². The van der Waals surface area contributed by atoms with Crippen LogP contribution in [0.5, 0.6) is 0 Å². The molecule has 0 spiro atoms. The number of carbonyl (C=O) groups excluding carboxylic acids is 1. The van der Waals surface area contributed by atoms with Gasteiger partial charge in [0.05, 0.1) is 24.0 Å². The van der Waals surface area contributed by atoms with Gasteiger partial charge in [0.2, 0.25) is 0 Å². The van der Waals surface area contributed by atoms with E-state index in [4.69, 9.17) is 4.74 Å². The Kier molecular flexibility index (Phi) is 4.17. The first-order valence-corrected chi connectivity index (χ1v) is 8.06.